The lowest BCUT2D eigenvalue weighted by molar-refractivity contribution is -0.136. The Hall–Kier alpha value is -6.19. The monoisotopic (exact) mass is 763 g/mol. The van der Waals surface area contributed by atoms with Crippen LogP contribution in [0.2, 0.25) is 0 Å². The van der Waals surface area contributed by atoms with Crippen LogP contribution < -0.4 is 21.3 Å². The van der Waals surface area contributed by atoms with Crippen molar-refractivity contribution in [1.82, 2.24) is 30.0 Å². The van der Waals surface area contributed by atoms with E-state index in [1.807, 2.05) is 24.1 Å². The number of primary amides is 1. The maximum atomic E-state index is 13.3. The van der Waals surface area contributed by atoms with E-state index in [-0.39, 0.29) is 47.5 Å². The van der Waals surface area contributed by atoms with Gasteiger partial charge in [-0.15, -0.1) is 0 Å². The molecular formula is C40H45N9O7. The van der Waals surface area contributed by atoms with Gasteiger partial charge in [-0.3, -0.25) is 39.0 Å². The zero-order valence-electron chi connectivity index (χ0n) is 31.3. The van der Waals surface area contributed by atoms with E-state index in [1.54, 1.807) is 41.4 Å². The summed E-state index contributed by atoms with van der Waals surface area (Å²) in [5.74, 6) is -2.24. The van der Waals surface area contributed by atoms with Crippen LogP contribution in [-0.4, -0.2) is 118 Å². The third kappa shape index (κ3) is 7.81. The first-order valence-corrected chi connectivity index (χ1v) is 19.1. The van der Waals surface area contributed by atoms with Crippen LogP contribution in [-0.2, 0) is 16.0 Å². The summed E-state index contributed by atoms with van der Waals surface area (Å²) in [5.41, 5.74) is 8.56. The molecule has 56 heavy (non-hydrogen) atoms. The summed E-state index contributed by atoms with van der Waals surface area (Å²) in [7, 11) is 1.81. The van der Waals surface area contributed by atoms with Gasteiger partial charge >= 0.3 is 6.03 Å². The normalized spacial score (nSPS) is 19.8. The largest absolute Gasteiger partial charge is 0.384 e. The van der Waals surface area contributed by atoms with Crippen LogP contribution in [0.1, 0.15) is 104 Å². The van der Waals surface area contributed by atoms with E-state index in [1.165, 1.54) is 0 Å². The molecule has 1 unspecified atom stereocenters. The molecular weight excluding hydrogens is 718 g/mol. The van der Waals surface area contributed by atoms with E-state index in [4.69, 9.17) is 10.7 Å². The van der Waals surface area contributed by atoms with Crippen LogP contribution >= 0.6 is 0 Å². The Kier molecular flexibility index (Phi) is 11.1. The van der Waals surface area contributed by atoms with Crippen molar-refractivity contribution in [1.29, 1.82) is 0 Å². The standard InChI is InChI=1S/C40H45N9O7/c1-46-19-20-48(40(46)56)26-7-6-18-47(23-26)32-22-43-35(36(41)52)29(44-32)21-24-11-13-25(14-12-24)31(50)10-3-2-4-17-42-28-9-5-8-27-34(28)39(55)49(38(27)54)30-15-16-33(51)45-37(30)53/h5,8-9,11-14,22,26,30,42H,2-4,6-7,10,15-21,23H2,1H3,(H2,41,52)(H,45,51,53)/t26-,30?/m1/s1. The fourth-order valence-corrected chi connectivity index (χ4v) is 7.94. The second-order valence-electron chi connectivity index (χ2n) is 14.7. The summed E-state index contributed by atoms with van der Waals surface area (Å²) >= 11 is 0. The van der Waals surface area contributed by atoms with Gasteiger partial charge in [0.2, 0.25) is 11.8 Å². The number of hydrogen-bond acceptors (Lipinski definition) is 11. The lowest BCUT2D eigenvalue weighted by Crippen LogP contribution is -2.54. The predicted octanol–water partition coefficient (Wildman–Crippen LogP) is 2.76. The van der Waals surface area contributed by atoms with Crippen molar-refractivity contribution in [3.63, 3.8) is 0 Å². The molecule has 1 aromatic heterocycles. The minimum absolute atomic E-state index is 0.00461. The minimum atomic E-state index is -1.03. The zero-order chi connectivity index (χ0) is 39.5. The average molecular weight is 764 g/mol. The van der Waals surface area contributed by atoms with Gasteiger partial charge in [-0.2, -0.15) is 0 Å². The number of nitrogens with two attached hydrogens (primary N) is 1. The molecule has 16 heteroatoms. The molecule has 3 aromatic rings. The highest BCUT2D eigenvalue weighted by molar-refractivity contribution is 6.25. The molecule has 0 spiro atoms. The smallest absolute Gasteiger partial charge is 0.320 e. The van der Waals surface area contributed by atoms with Crippen molar-refractivity contribution >= 4 is 52.9 Å². The van der Waals surface area contributed by atoms with E-state index in [9.17, 15) is 33.6 Å². The number of carbonyl (C=O) groups is 7. The SMILES string of the molecule is CN1CCN([C@@H]2CCCN(c3cnc(C(N)=O)c(Cc4ccc(C(=O)CCCCCNc5cccc6c5C(=O)N(C5CCC(=O)NC5=O)C6=O)cc4)n3)C2)C1=O. The summed E-state index contributed by atoms with van der Waals surface area (Å²) in [5, 5.41) is 5.44. The fourth-order valence-electron chi connectivity index (χ4n) is 7.94. The highest BCUT2D eigenvalue weighted by atomic mass is 16.2. The zero-order valence-corrected chi connectivity index (χ0v) is 31.3. The van der Waals surface area contributed by atoms with Crippen LogP contribution in [0.5, 0.6) is 0 Å². The molecule has 0 bridgehead atoms. The summed E-state index contributed by atoms with van der Waals surface area (Å²) in [4.78, 5) is 104. The van der Waals surface area contributed by atoms with E-state index < -0.39 is 35.6 Å². The number of hydrogen-bond donors (Lipinski definition) is 3. The average Bonchev–Trinajstić information content (AvgIpc) is 3.66. The number of likely N-dealkylation sites (N-methyl/N-ethyl adjacent to an activating group) is 1. The van der Waals surface area contributed by atoms with E-state index >= 15 is 0 Å². The summed E-state index contributed by atoms with van der Waals surface area (Å²) in [6, 6.07) is 11.2. The number of carbonyl (C=O) groups excluding carboxylic acids is 7. The number of unbranched alkanes of at least 4 members (excludes halogenated alkanes) is 2. The maximum Gasteiger partial charge on any atom is 0.320 e. The van der Waals surface area contributed by atoms with Gasteiger partial charge in [-0.25, -0.2) is 14.8 Å². The second kappa shape index (κ2) is 16.3. The van der Waals surface area contributed by atoms with Gasteiger partial charge in [0.25, 0.3) is 17.7 Å². The van der Waals surface area contributed by atoms with Gasteiger partial charge in [0.15, 0.2) is 5.78 Å². The number of imide groups is 2. The molecule has 7 rings (SSSR count). The van der Waals surface area contributed by atoms with Gasteiger partial charge in [0, 0.05) is 70.3 Å². The number of anilines is 2. The number of fused-ring (bicyclic) bond motifs is 1. The van der Waals surface area contributed by atoms with Crippen LogP contribution in [0.4, 0.5) is 16.3 Å². The summed E-state index contributed by atoms with van der Waals surface area (Å²) < 4.78 is 0. The molecule has 3 fully saturated rings. The van der Waals surface area contributed by atoms with Gasteiger partial charge < -0.3 is 25.8 Å². The molecule has 0 aliphatic carbocycles. The van der Waals surface area contributed by atoms with Gasteiger partial charge in [-0.1, -0.05) is 36.8 Å². The van der Waals surface area contributed by atoms with Gasteiger partial charge in [-0.05, 0) is 49.8 Å². The minimum Gasteiger partial charge on any atom is -0.384 e. The Balaban J connectivity index is 0.893. The van der Waals surface area contributed by atoms with E-state index in [0.29, 0.717) is 74.6 Å². The molecule has 0 radical (unpaired) electrons. The van der Waals surface area contributed by atoms with Crippen molar-refractivity contribution in [3.05, 3.63) is 82.3 Å². The first-order valence-electron chi connectivity index (χ1n) is 19.1. The molecule has 7 amide bonds. The topological polar surface area (TPSA) is 208 Å². The van der Waals surface area contributed by atoms with Gasteiger partial charge in [0.05, 0.1) is 29.1 Å². The Morgan fingerprint density at radius 1 is 0.946 bits per heavy atom. The maximum absolute atomic E-state index is 13.3. The summed E-state index contributed by atoms with van der Waals surface area (Å²) in [6.07, 6.45) is 6.28. The number of amides is 7. The van der Waals surface area contributed by atoms with Crippen LogP contribution in [0, 0.1) is 0 Å². The number of urea groups is 1. The molecule has 2 aromatic carbocycles. The highest BCUT2D eigenvalue weighted by Crippen LogP contribution is 2.32. The Bertz CT molecular complexity index is 2090. The van der Waals surface area contributed by atoms with Crippen molar-refractivity contribution in [2.45, 2.75) is 69.9 Å². The number of ketones is 1. The lowest BCUT2D eigenvalue weighted by Gasteiger charge is -2.37. The van der Waals surface area contributed by atoms with Crippen LogP contribution in [0.15, 0.2) is 48.7 Å². The first kappa shape index (κ1) is 38.1. The second-order valence-corrected chi connectivity index (χ2v) is 14.7. The van der Waals surface area contributed by atoms with Crippen molar-refractivity contribution in [3.8, 4) is 0 Å². The molecule has 3 saturated heterocycles. The molecule has 4 aliphatic heterocycles. The third-order valence-electron chi connectivity index (χ3n) is 11.0. The number of benzene rings is 2. The van der Waals surface area contributed by atoms with Crippen molar-refractivity contribution < 1.29 is 33.6 Å². The number of nitrogens with zero attached hydrogens (tertiary/aromatic N) is 6. The lowest BCUT2D eigenvalue weighted by atomic mass is 10.0. The Labute approximate surface area is 323 Å². The molecule has 16 nitrogen and oxygen atoms in total. The number of piperidine rings is 2. The number of nitrogens with one attached hydrogen (secondary N) is 2. The summed E-state index contributed by atoms with van der Waals surface area (Å²) in [6.45, 7) is 3.30. The number of rotatable bonds is 14. The van der Waals surface area contributed by atoms with Crippen molar-refractivity contribution in [2.24, 2.45) is 5.73 Å². The van der Waals surface area contributed by atoms with E-state index in [2.05, 4.69) is 20.5 Å². The third-order valence-corrected chi connectivity index (χ3v) is 11.0. The molecule has 2 atom stereocenters. The predicted molar refractivity (Wildman–Crippen MR) is 204 cm³/mol. The Morgan fingerprint density at radius 2 is 1.75 bits per heavy atom. The van der Waals surface area contributed by atoms with Crippen molar-refractivity contribution in [2.75, 3.05) is 50.0 Å². The van der Waals surface area contributed by atoms with Crippen LogP contribution in [0.25, 0.3) is 0 Å². The quantitative estimate of drug-likeness (QED) is 0.124. The number of Topliss-reactive ketones (excluding diaryl/α,β-unsaturated/α-hetero) is 1. The molecule has 292 valence electrons. The Morgan fingerprint density at radius 3 is 2.48 bits per heavy atom. The first-order chi connectivity index (χ1) is 27.0. The van der Waals surface area contributed by atoms with Gasteiger partial charge in [0.1, 0.15) is 17.6 Å². The highest BCUT2D eigenvalue weighted by Gasteiger charge is 2.45. The molecule has 0 saturated carbocycles. The fraction of sp³-hybridized carbons (Fsp3) is 0.425. The molecule has 5 heterocycles. The van der Waals surface area contributed by atoms with Crippen LogP contribution in [0.3, 0.4) is 0 Å². The molecule has 4 aliphatic rings. The van der Waals surface area contributed by atoms with E-state index in [0.717, 1.165) is 36.3 Å². The number of aromatic nitrogens is 2. The molecule has 4 N–H and O–H groups in total.